The zero-order valence-electron chi connectivity index (χ0n) is 10.4. The van der Waals surface area contributed by atoms with E-state index < -0.39 is 0 Å². The number of aromatic nitrogens is 3. The molecule has 1 saturated heterocycles. The number of halogens is 1. The van der Waals surface area contributed by atoms with Crippen molar-refractivity contribution in [3.05, 3.63) is 30.4 Å². The highest BCUT2D eigenvalue weighted by Crippen LogP contribution is 2.18. The molecule has 19 heavy (non-hydrogen) atoms. The SMILES string of the molecule is ClCc1coc(N2CCN(c3ncccn3)CC2)n1. The van der Waals surface area contributed by atoms with Crippen molar-refractivity contribution in [2.75, 3.05) is 36.0 Å². The number of rotatable bonds is 3. The molecule has 3 rings (SSSR count). The van der Waals surface area contributed by atoms with Gasteiger partial charge in [-0.2, -0.15) is 4.98 Å². The lowest BCUT2D eigenvalue weighted by atomic mass is 10.3. The van der Waals surface area contributed by atoms with Gasteiger partial charge in [0.2, 0.25) is 5.95 Å². The Morgan fingerprint density at radius 1 is 1.11 bits per heavy atom. The summed E-state index contributed by atoms with van der Waals surface area (Å²) in [5.41, 5.74) is 0.769. The second kappa shape index (κ2) is 5.44. The number of anilines is 2. The van der Waals surface area contributed by atoms with Crippen LogP contribution >= 0.6 is 11.6 Å². The maximum Gasteiger partial charge on any atom is 0.297 e. The molecule has 1 aliphatic rings. The Morgan fingerprint density at radius 2 is 1.79 bits per heavy atom. The molecule has 1 aliphatic heterocycles. The molecule has 100 valence electrons. The van der Waals surface area contributed by atoms with Crippen molar-refractivity contribution >= 4 is 23.6 Å². The van der Waals surface area contributed by atoms with Crippen LogP contribution in [0.4, 0.5) is 12.0 Å². The molecule has 2 aromatic rings. The number of alkyl halides is 1. The summed E-state index contributed by atoms with van der Waals surface area (Å²) in [4.78, 5) is 17.1. The van der Waals surface area contributed by atoms with Gasteiger partial charge in [-0.05, 0) is 6.07 Å². The fraction of sp³-hybridized carbons (Fsp3) is 0.417. The van der Waals surface area contributed by atoms with E-state index in [9.17, 15) is 0 Å². The summed E-state index contributed by atoms with van der Waals surface area (Å²) in [5.74, 6) is 1.15. The van der Waals surface area contributed by atoms with Crippen LogP contribution in [0.1, 0.15) is 5.69 Å². The highest BCUT2D eigenvalue weighted by Gasteiger charge is 2.21. The minimum atomic E-state index is 0.376. The lowest BCUT2D eigenvalue weighted by Crippen LogP contribution is -2.47. The van der Waals surface area contributed by atoms with Crippen molar-refractivity contribution in [2.24, 2.45) is 0 Å². The van der Waals surface area contributed by atoms with E-state index in [4.69, 9.17) is 16.0 Å². The van der Waals surface area contributed by atoms with Gasteiger partial charge in [-0.3, -0.25) is 0 Å². The quantitative estimate of drug-likeness (QED) is 0.794. The molecule has 0 saturated carbocycles. The van der Waals surface area contributed by atoms with Crippen LogP contribution in [0, 0.1) is 0 Å². The summed E-state index contributed by atoms with van der Waals surface area (Å²) in [5, 5.41) is 0. The van der Waals surface area contributed by atoms with Crippen LogP contribution in [0.5, 0.6) is 0 Å². The first-order valence-corrected chi connectivity index (χ1v) is 6.67. The molecule has 1 fully saturated rings. The standard InChI is InChI=1S/C12H14ClN5O/c13-8-10-9-19-12(16-10)18-6-4-17(5-7-18)11-14-2-1-3-15-11/h1-3,9H,4-8H2. The van der Waals surface area contributed by atoms with Crippen LogP contribution < -0.4 is 9.80 Å². The number of oxazole rings is 1. The van der Waals surface area contributed by atoms with Crippen LogP contribution in [0.3, 0.4) is 0 Å². The van der Waals surface area contributed by atoms with Gasteiger partial charge in [-0.15, -0.1) is 11.6 Å². The Kier molecular flexibility index (Phi) is 3.50. The van der Waals surface area contributed by atoms with E-state index in [1.54, 1.807) is 18.7 Å². The highest BCUT2D eigenvalue weighted by molar-refractivity contribution is 6.16. The molecule has 0 unspecified atom stereocenters. The Bertz CT molecular complexity index is 524. The summed E-state index contributed by atoms with van der Waals surface area (Å²) in [7, 11) is 0. The average molecular weight is 280 g/mol. The Morgan fingerprint density at radius 3 is 2.42 bits per heavy atom. The Labute approximate surface area is 116 Å². The van der Waals surface area contributed by atoms with Crippen molar-refractivity contribution in [1.29, 1.82) is 0 Å². The molecular weight excluding hydrogens is 266 g/mol. The van der Waals surface area contributed by atoms with Crippen molar-refractivity contribution in [2.45, 2.75) is 5.88 Å². The largest absolute Gasteiger partial charge is 0.432 e. The summed E-state index contributed by atoms with van der Waals surface area (Å²) >= 11 is 5.72. The molecule has 0 aromatic carbocycles. The fourth-order valence-electron chi connectivity index (χ4n) is 2.06. The fourth-order valence-corrected chi connectivity index (χ4v) is 2.18. The average Bonchev–Trinajstić information content (AvgIpc) is 2.97. The third-order valence-corrected chi connectivity index (χ3v) is 3.34. The van der Waals surface area contributed by atoms with E-state index in [1.807, 2.05) is 6.07 Å². The molecule has 0 spiro atoms. The summed E-state index contributed by atoms with van der Waals surface area (Å²) in [6.45, 7) is 3.37. The topological polar surface area (TPSA) is 58.3 Å². The first-order valence-electron chi connectivity index (χ1n) is 6.14. The van der Waals surface area contributed by atoms with E-state index >= 15 is 0 Å². The van der Waals surface area contributed by atoms with Crippen molar-refractivity contribution in [1.82, 2.24) is 15.0 Å². The van der Waals surface area contributed by atoms with Gasteiger partial charge < -0.3 is 14.2 Å². The van der Waals surface area contributed by atoms with Gasteiger partial charge in [-0.1, -0.05) is 0 Å². The van der Waals surface area contributed by atoms with Crippen molar-refractivity contribution < 1.29 is 4.42 Å². The first kappa shape index (κ1) is 12.2. The number of hydrogen-bond donors (Lipinski definition) is 0. The second-order valence-electron chi connectivity index (χ2n) is 4.28. The van der Waals surface area contributed by atoms with E-state index in [2.05, 4.69) is 24.8 Å². The normalized spacial score (nSPS) is 15.8. The summed E-state index contributed by atoms with van der Waals surface area (Å²) < 4.78 is 5.42. The minimum Gasteiger partial charge on any atom is -0.432 e. The maximum atomic E-state index is 5.72. The van der Waals surface area contributed by atoms with Gasteiger partial charge in [0.15, 0.2) is 0 Å². The highest BCUT2D eigenvalue weighted by atomic mass is 35.5. The molecule has 0 atom stereocenters. The van der Waals surface area contributed by atoms with Crippen molar-refractivity contribution in [3.8, 4) is 0 Å². The Hall–Kier alpha value is -1.82. The van der Waals surface area contributed by atoms with Crippen LogP contribution in [-0.2, 0) is 5.88 Å². The van der Waals surface area contributed by atoms with Gasteiger partial charge in [0, 0.05) is 38.6 Å². The zero-order chi connectivity index (χ0) is 13.1. The van der Waals surface area contributed by atoms with E-state index in [-0.39, 0.29) is 0 Å². The van der Waals surface area contributed by atoms with Gasteiger partial charge in [0.25, 0.3) is 6.01 Å². The smallest absolute Gasteiger partial charge is 0.297 e. The lowest BCUT2D eigenvalue weighted by Gasteiger charge is -2.33. The second-order valence-corrected chi connectivity index (χ2v) is 4.55. The van der Waals surface area contributed by atoms with Gasteiger partial charge >= 0.3 is 0 Å². The van der Waals surface area contributed by atoms with E-state index in [0.717, 1.165) is 37.8 Å². The number of nitrogens with zero attached hydrogens (tertiary/aromatic N) is 5. The Balaban J connectivity index is 1.63. The van der Waals surface area contributed by atoms with Gasteiger partial charge in [0.1, 0.15) is 6.26 Å². The maximum absolute atomic E-state index is 5.72. The molecule has 0 N–H and O–H groups in total. The third kappa shape index (κ3) is 2.63. The molecule has 0 amide bonds. The van der Waals surface area contributed by atoms with E-state index in [1.165, 1.54) is 0 Å². The molecule has 0 radical (unpaired) electrons. The summed E-state index contributed by atoms with van der Waals surface area (Å²) in [6, 6.07) is 2.46. The molecule has 6 nitrogen and oxygen atoms in total. The van der Waals surface area contributed by atoms with Crippen LogP contribution in [0.25, 0.3) is 0 Å². The predicted octanol–water partition coefficient (Wildman–Crippen LogP) is 1.53. The molecule has 0 aliphatic carbocycles. The molecular formula is C12H14ClN5O. The summed E-state index contributed by atoms with van der Waals surface area (Å²) in [6.07, 6.45) is 5.13. The zero-order valence-corrected chi connectivity index (χ0v) is 11.1. The van der Waals surface area contributed by atoms with E-state index in [0.29, 0.717) is 11.9 Å². The predicted molar refractivity (Wildman–Crippen MR) is 72.5 cm³/mol. The van der Waals surface area contributed by atoms with Crippen LogP contribution in [0.15, 0.2) is 29.1 Å². The number of piperazine rings is 1. The lowest BCUT2D eigenvalue weighted by molar-refractivity contribution is 0.514. The van der Waals surface area contributed by atoms with Crippen LogP contribution in [-0.4, -0.2) is 41.1 Å². The van der Waals surface area contributed by atoms with Crippen molar-refractivity contribution in [3.63, 3.8) is 0 Å². The van der Waals surface area contributed by atoms with Crippen LogP contribution in [0.2, 0.25) is 0 Å². The molecule has 3 heterocycles. The molecule has 7 heteroatoms. The minimum absolute atomic E-state index is 0.376. The first-order chi connectivity index (χ1) is 9.36. The molecule has 2 aromatic heterocycles. The number of hydrogen-bond acceptors (Lipinski definition) is 6. The third-order valence-electron chi connectivity index (χ3n) is 3.06. The monoisotopic (exact) mass is 279 g/mol. The van der Waals surface area contributed by atoms with Gasteiger partial charge in [0.05, 0.1) is 11.6 Å². The molecule has 0 bridgehead atoms. The van der Waals surface area contributed by atoms with Gasteiger partial charge in [-0.25, -0.2) is 9.97 Å².